The van der Waals surface area contributed by atoms with Crippen LogP contribution in [0.5, 0.6) is 0 Å². The number of aromatic nitrogens is 2. The molecular weight excluding hydrogens is 305 g/mol. The Kier molecular flexibility index (Phi) is 4.26. The smallest absolute Gasteiger partial charge is 0.256 e. The molecule has 1 aromatic heterocycles. The molecule has 7 heteroatoms. The van der Waals surface area contributed by atoms with Crippen LogP contribution in [0, 0.1) is 10.6 Å². The van der Waals surface area contributed by atoms with Gasteiger partial charge >= 0.3 is 0 Å². The van der Waals surface area contributed by atoms with E-state index >= 15 is 0 Å². The molecule has 5 nitrogen and oxygen atoms in total. The van der Waals surface area contributed by atoms with Gasteiger partial charge in [0.2, 0.25) is 0 Å². The van der Waals surface area contributed by atoms with E-state index in [-0.39, 0.29) is 24.1 Å². The van der Waals surface area contributed by atoms with Gasteiger partial charge in [-0.15, -0.1) is 0 Å². The number of aromatic amines is 2. The lowest BCUT2D eigenvalue weighted by molar-refractivity contribution is 0.0576. The summed E-state index contributed by atoms with van der Waals surface area (Å²) in [4.78, 5) is 20.4. The maximum atomic E-state index is 13.8. The molecule has 0 spiro atoms. The van der Waals surface area contributed by atoms with Crippen LogP contribution in [0.2, 0.25) is 0 Å². The summed E-state index contributed by atoms with van der Waals surface area (Å²) in [6, 6.07) is 2.57. The SMILES string of the molecule is O=C(c1cc(F)cc2[nH]c(=S)[nH]c12)N1CCCCC1CCO. The molecule has 2 aromatic rings. The zero-order valence-electron chi connectivity index (χ0n) is 12.1. The molecule has 2 heterocycles. The molecule has 1 fully saturated rings. The van der Waals surface area contributed by atoms with Gasteiger partial charge in [0.1, 0.15) is 5.82 Å². The molecule has 0 radical (unpaired) electrons. The van der Waals surface area contributed by atoms with Crippen LogP contribution >= 0.6 is 12.2 Å². The number of carbonyl (C=O) groups excluding carboxylic acids is 1. The Morgan fingerprint density at radius 1 is 1.41 bits per heavy atom. The van der Waals surface area contributed by atoms with Crippen molar-refractivity contribution in [1.29, 1.82) is 0 Å². The highest BCUT2D eigenvalue weighted by Crippen LogP contribution is 2.25. The van der Waals surface area contributed by atoms with Gasteiger partial charge in [0.05, 0.1) is 16.6 Å². The number of likely N-dealkylation sites (tertiary alicyclic amines) is 1. The first-order chi connectivity index (χ1) is 10.6. The third-order valence-electron chi connectivity index (χ3n) is 4.17. The Balaban J connectivity index is 2.02. The summed E-state index contributed by atoms with van der Waals surface area (Å²) < 4.78 is 14.2. The van der Waals surface area contributed by atoms with Gasteiger partial charge in [-0.1, -0.05) is 0 Å². The minimum absolute atomic E-state index is 0.00600. The first-order valence-corrected chi connectivity index (χ1v) is 7.84. The number of halogens is 1. The number of piperidine rings is 1. The fraction of sp³-hybridized carbons (Fsp3) is 0.467. The molecule has 1 aliphatic rings. The predicted octanol–water partition coefficient (Wildman–Crippen LogP) is 2.74. The second-order valence-electron chi connectivity index (χ2n) is 5.62. The Bertz CT molecular complexity index is 753. The van der Waals surface area contributed by atoms with E-state index in [4.69, 9.17) is 12.2 Å². The normalized spacial score (nSPS) is 18.8. The van der Waals surface area contributed by atoms with Crippen molar-refractivity contribution in [2.24, 2.45) is 0 Å². The molecule has 118 valence electrons. The largest absolute Gasteiger partial charge is 0.396 e. The molecule has 0 bridgehead atoms. The van der Waals surface area contributed by atoms with E-state index in [1.165, 1.54) is 12.1 Å². The number of amides is 1. The van der Waals surface area contributed by atoms with E-state index in [2.05, 4.69) is 9.97 Å². The zero-order valence-corrected chi connectivity index (χ0v) is 12.9. The van der Waals surface area contributed by atoms with E-state index < -0.39 is 5.82 Å². The number of aliphatic hydroxyl groups excluding tert-OH is 1. The number of imidazole rings is 1. The highest BCUT2D eigenvalue weighted by Gasteiger charge is 2.28. The van der Waals surface area contributed by atoms with Gasteiger partial charge < -0.3 is 20.0 Å². The van der Waals surface area contributed by atoms with E-state index in [0.29, 0.717) is 28.8 Å². The van der Waals surface area contributed by atoms with E-state index in [1.807, 2.05) is 0 Å². The number of hydrogen-bond donors (Lipinski definition) is 3. The molecule has 1 aliphatic heterocycles. The van der Waals surface area contributed by atoms with Gasteiger partial charge in [-0.3, -0.25) is 4.79 Å². The Morgan fingerprint density at radius 3 is 3.00 bits per heavy atom. The van der Waals surface area contributed by atoms with Crippen molar-refractivity contribution in [2.75, 3.05) is 13.2 Å². The van der Waals surface area contributed by atoms with Crippen LogP contribution in [0.1, 0.15) is 36.0 Å². The number of hydrogen-bond acceptors (Lipinski definition) is 3. The first-order valence-electron chi connectivity index (χ1n) is 7.43. The maximum Gasteiger partial charge on any atom is 0.256 e. The van der Waals surface area contributed by atoms with Crippen molar-refractivity contribution in [3.8, 4) is 0 Å². The van der Waals surface area contributed by atoms with Gasteiger partial charge in [-0.05, 0) is 50.0 Å². The lowest BCUT2D eigenvalue weighted by Gasteiger charge is -2.35. The van der Waals surface area contributed by atoms with Gasteiger partial charge in [0.15, 0.2) is 4.77 Å². The second kappa shape index (κ2) is 6.18. The fourth-order valence-electron chi connectivity index (χ4n) is 3.15. The minimum Gasteiger partial charge on any atom is -0.396 e. The Morgan fingerprint density at radius 2 is 2.23 bits per heavy atom. The average Bonchev–Trinajstić information content (AvgIpc) is 2.86. The zero-order chi connectivity index (χ0) is 15.7. The number of rotatable bonds is 3. The number of nitrogens with zero attached hydrogens (tertiary/aromatic N) is 1. The number of H-pyrrole nitrogens is 2. The summed E-state index contributed by atoms with van der Waals surface area (Å²) in [6.07, 6.45) is 3.39. The molecule has 1 unspecified atom stereocenters. The summed E-state index contributed by atoms with van der Waals surface area (Å²) in [7, 11) is 0. The van der Waals surface area contributed by atoms with Crippen LogP contribution in [0.15, 0.2) is 12.1 Å². The average molecular weight is 323 g/mol. The van der Waals surface area contributed by atoms with Gasteiger partial charge in [-0.2, -0.15) is 0 Å². The van der Waals surface area contributed by atoms with Crippen LogP contribution in [0.4, 0.5) is 4.39 Å². The first kappa shape index (κ1) is 15.2. The van der Waals surface area contributed by atoms with Crippen molar-refractivity contribution >= 4 is 29.2 Å². The third-order valence-corrected chi connectivity index (χ3v) is 4.37. The summed E-state index contributed by atoms with van der Waals surface area (Å²) in [5.41, 5.74) is 1.31. The summed E-state index contributed by atoms with van der Waals surface area (Å²) in [5, 5.41) is 9.18. The van der Waals surface area contributed by atoms with Crippen molar-refractivity contribution in [3.05, 3.63) is 28.3 Å². The fourth-order valence-corrected chi connectivity index (χ4v) is 3.36. The quantitative estimate of drug-likeness (QED) is 0.761. The minimum atomic E-state index is -0.475. The highest BCUT2D eigenvalue weighted by molar-refractivity contribution is 7.71. The van der Waals surface area contributed by atoms with Crippen LogP contribution < -0.4 is 0 Å². The number of carbonyl (C=O) groups is 1. The van der Waals surface area contributed by atoms with E-state index in [1.54, 1.807) is 4.90 Å². The molecular formula is C15H18FN3O2S. The van der Waals surface area contributed by atoms with Crippen molar-refractivity contribution in [3.63, 3.8) is 0 Å². The van der Waals surface area contributed by atoms with Crippen LogP contribution in [0.25, 0.3) is 11.0 Å². The number of nitrogens with one attached hydrogen (secondary N) is 2. The van der Waals surface area contributed by atoms with Gasteiger partial charge in [-0.25, -0.2) is 4.39 Å². The van der Waals surface area contributed by atoms with Gasteiger partial charge in [0, 0.05) is 19.2 Å². The molecule has 1 amide bonds. The molecule has 0 aliphatic carbocycles. The molecule has 3 rings (SSSR count). The van der Waals surface area contributed by atoms with Crippen LogP contribution in [-0.4, -0.2) is 45.1 Å². The lowest BCUT2D eigenvalue weighted by atomic mass is 9.98. The van der Waals surface area contributed by atoms with Crippen molar-refractivity contribution < 1.29 is 14.3 Å². The number of fused-ring (bicyclic) bond motifs is 1. The summed E-state index contributed by atoms with van der Waals surface area (Å²) >= 11 is 5.03. The van der Waals surface area contributed by atoms with Crippen molar-refractivity contribution in [2.45, 2.75) is 31.7 Å². The monoisotopic (exact) mass is 323 g/mol. The summed E-state index contributed by atoms with van der Waals surface area (Å²) in [6.45, 7) is 0.673. The molecule has 3 N–H and O–H groups in total. The second-order valence-corrected chi connectivity index (χ2v) is 6.02. The molecule has 1 aromatic carbocycles. The molecule has 1 saturated heterocycles. The Hall–Kier alpha value is -1.73. The number of benzene rings is 1. The lowest BCUT2D eigenvalue weighted by Crippen LogP contribution is -2.44. The molecule has 0 saturated carbocycles. The summed E-state index contributed by atoms with van der Waals surface area (Å²) in [5.74, 6) is -0.690. The molecule has 22 heavy (non-hydrogen) atoms. The predicted molar refractivity (Wildman–Crippen MR) is 83.8 cm³/mol. The molecule has 1 atom stereocenters. The third kappa shape index (κ3) is 2.78. The van der Waals surface area contributed by atoms with Crippen molar-refractivity contribution in [1.82, 2.24) is 14.9 Å². The van der Waals surface area contributed by atoms with E-state index in [9.17, 15) is 14.3 Å². The maximum absolute atomic E-state index is 13.8. The van der Waals surface area contributed by atoms with E-state index in [0.717, 1.165) is 19.3 Å². The van der Waals surface area contributed by atoms with Crippen LogP contribution in [0.3, 0.4) is 0 Å². The Labute approximate surface area is 132 Å². The topological polar surface area (TPSA) is 72.1 Å². The standard InChI is InChI=1S/C15H18FN3O2S/c16-9-7-11(13-12(8-9)17-15(22)18-13)14(21)19-5-2-1-3-10(19)4-6-20/h7-8,10,20H,1-6H2,(H2,17,18,22). The number of aliphatic hydroxyl groups is 1. The highest BCUT2D eigenvalue weighted by atomic mass is 32.1. The van der Waals surface area contributed by atoms with Gasteiger partial charge in [0.25, 0.3) is 5.91 Å². The van der Waals surface area contributed by atoms with Crippen LogP contribution in [-0.2, 0) is 0 Å².